The van der Waals surface area contributed by atoms with Gasteiger partial charge in [0.05, 0.1) is 16.7 Å². The van der Waals surface area contributed by atoms with E-state index in [0.29, 0.717) is 16.6 Å². The number of alkyl halides is 1. The zero-order valence-corrected chi connectivity index (χ0v) is 23.8. The lowest BCUT2D eigenvalue weighted by Gasteiger charge is -2.20. The van der Waals surface area contributed by atoms with Crippen LogP contribution in [0.3, 0.4) is 0 Å². The molecule has 0 saturated heterocycles. The molecule has 0 fully saturated rings. The highest BCUT2D eigenvalue weighted by molar-refractivity contribution is 9.08. The van der Waals surface area contributed by atoms with E-state index in [9.17, 15) is 18.4 Å². The minimum absolute atomic E-state index is 0.00792. The second kappa shape index (κ2) is 13.4. The number of halogens is 5. The van der Waals surface area contributed by atoms with E-state index in [4.69, 9.17) is 37.8 Å². The lowest BCUT2D eigenvalue weighted by atomic mass is 10.2. The van der Waals surface area contributed by atoms with Gasteiger partial charge >= 0.3 is 12.2 Å². The van der Waals surface area contributed by atoms with E-state index < -0.39 is 41.6 Å². The van der Waals surface area contributed by atoms with Crippen molar-refractivity contribution in [2.24, 2.45) is 0 Å². The SMILES string of the molecule is CC(C)(C)OC(=O)Nc1cc(Cl)c(F)c(CBr)c1.CC(C)(C)OC(=O)Nc1cc(Cl)c(F)c(CO)c1. The molecule has 0 aromatic heterocycles. The molecule has 0 heterocycles. The Morgan fingerprint density at radius 2 is 1.19 bits per heavy atom. The van der Waals surface area contributed by atoms with Crippen molar-refractivity contribution in [1.82, 2.24) is 0 Å². The lowest BCUT2D eigenvalue weighted by Crippen LogP contribution is -2.27. The number of rotatable bonds is 4. The van der Waals surface area contributed by atoms with Gasteiger partial charge in [0.1, 0.15) is 22.8 Å². The van der Waals surface area contributed by atoms with Gasteiger partial charge in [-0.05, 0) is 65.8 Å². The number of carbonyl (C=O) groups is 2. The van der Waals surface area contributed by atoms with Crippen LogP contribution in [0, 0.1) is 11.6 Å². The maximum absolute atomic E-state index is 13.5. The summed E-state index contributed by atoms with van der Waals surface area (Å²) in [7, 11) is 0. The number of hydrogen-bond donors (Lipinski definition) is 3. The van der Waals surface area contributed by atoms with Crippen LogP contribution in [0.5, 0.6) is 0 Å². The summed E-state index contributed by atoms with van der Waals surface area (Å²) in [6, 6.07) is 5.39. The van der Waals surface area contributed by atoms with Gasteiger partial charge in [0, 0.05) is 27.8 Å². The largest absolute Gasteiger partial charge is 0.444 e. The van der Waals surface area contributed by atoms with Crippen molar-refractivity contribution in [2.75, 3.05) is 10.6 Å². The molecule has 0 aliphatic carbocycles. The molecule has 0 aliphatic heterocycles. The third-order valence-electron chi connectivity index (χ3n) is 3.81. The Morgan fingerprint density at radius 3 is 1.53 bits per heavy atom. The summed E-state index contributed by atoms with van der Waals surface area (Å²) < 4.78 is 37.0. The number of benzene rings is 2. The van der Waals surface area contributed by atoms with E-state index in [-0.39, 0.29) is 21.3 Å². The van der Waals surface area contributed by atoms with Crippen molar-refractivity contribution in [3.8, 4) is 0 Å². The van der Waals surface area contributed by atoms with Crippen LogP contribution >= 0.6 is 39.1 Å². The predicted octanol–water partition coefficient (Wildman–Crippen LogP) is 8.04. The number of aliphatic hydroxyl groups excluding tert-OH is 1. The molecule has 0 radical (unpaired) electrons. The third-order valence-corrected chi connectivity index (χ3v) is 4.97. The molecule has 0 atom stereocenters. The number of hydrogen-bond acceptors (Lipinski definition) is 5. The Balaban J connectivity index is 0.000000360. The Labute approximate surface area is 227 Å². The molecule has 7 nitrogen and oxygen atoms in total. The van der Waals surface area contributed by atoms with Gasteiger partial charge < -0.3 is 14.6 Å². The highest BCUT2D eigenvalue weighted by Crippen LogP contribution is 2.26. The Kier molecular flexibility index (Phi) is 11.9. The molecule has 36 heavy (non-hydrogen) atoms. The topological polar surface area (TPSA) is 96.9 Å². The number of anilines is 2. The van der Waals surface area contributed by atoms with Gasteiger partial charge in [-0.2, -0.15) is 0 Å². The fourth-order valence-electron chi connectivity index (χ4n) is 2.49. The normalized spacial score (nSPS) is 11.2. The fraction of sp³-hybridized carbons (Fsp3) is 0.417. The van der Waals surface area contributed by atoms with Crippen molar-refractivity contribution >= 4 is 62.7 Å². The highest BCUT2D eigenvalue weighted by atomic mass is 79.9. The van der Waals surface area contributed by atoms with Crippen LogP contribution in [-0.4, -0.2) is 28.5 Å². The predicted molar refractivity (Wildman–Crippen MR) is 141 cm³/mol. The summed E-state index contributed by atoms with van der Waals surface area (Å²) in [5.41, 5.74) is -0.188. The molecule has 200 valence electrons. The molecule has 2 rings (SSSR count). The number of ether oxygens (including phenoxy) is 2. The first kappa shape index (κ1) is 31.9. The Hall–Kier alpha value is -2.14. The molecule has 0 spiro atoms. The Bertz CT molecular complexity index is 1000. The van der Waals surface area contributed by atoms with E-state index in [0.717, 1.165) is 0 Å². The zero-order valence-electron chi connectivity index (χ0n) is 20.7. The van der Waals surface area contributed by atoms with Crippen LogP contribution in [0.1, 0.15) is 52.7 Å². The molecule has 0 saturated carbocycles. The number of nitrogens with one attached hydrogen (secondary N) is 2. The minimum atomic E-state index is -0.700. The fourth-order valence-corrected chi connectivity index (χ4v) is 3.38. The molecule has 2 aromatic rings. The monoisotopic (exact) mass is 612 g/mol. The van der Waals surface area contributed by atoms with Crippen molar-refractivity contribution in [1.29, 1.82) is 0 Å². The molecule has 2 aromatic carbocycles. The van der Waals surface area contributed by atoms with E-state index in [1.165, 1.54) is 24.3 Å². The van der Waals surface area contributed by atoms with Crippen molar-refractivity contribution < 1.29 is 33.0 Å². The van der Waals surface area contributed by atoms with Crippen molar-refractivity contribution in [3.63, 3.8) is 0 Å². The summed E-state index contributed by atoms with van der Waals surface area (Å²) in [5.74, 6) is -1.20. The average Bonchev–Trinajstić information content (AvgIpc) is 2.70. The zero-order chi connectivity index (χ0) is 27.8. The van der Waals surface area contributed by atoms with E-state index in [2.05, 4.69) is 26.6 Å². The standard InChI is InChI=1S/C12H14BrClFNO2.C12H15ClFNO3/c1-12(2,3)18-11(17)16-8-4-7(6-13)10(15)9(14)5-8;1-12(2,3)18-11(17)15-8-4-7(6-16)10(14)9(13)5-8/h4-5H,6H2,1-3H3,(H,16,17);4-5,16H,6H2,1-3H3,(H,15,17). The van der Waals surface area contributed by atoms with E-state index in [1.807, 2.05) is 0 Å². The Morgan fingerprint density at radius 1 is 0.833 bits per heavy atom. The second-order valence-electron chi connectivity index (χ2n) is 9.41. The number of carbonyl (C=O) groups excluding carboxylic acids is 2. The summed E-state index contributed by atoms with van der Waals surface area (Å²) >= 11 is 14.5. The first-order valence-corrected chi connectivity index (χ1v) is 12.5. The van der Waals surface area contributed by atoms with Crippen LogP contribution < -0.4 is 10.6 Å². The molecule has 0 bridgehead atoms. The summed E-state index contributed by atoms with van der Waals surface area (Å²) in [6.07, 6.45) is -1.28. The van der Waals surface area contributed by atoms with Gasteiger partial charge in [-0.1, -0.05) is 39.1 Å². The number of amides is 2. The highest BCUT2D eigenvalue weighted by Gasteiger charge is 2.18. The van der Waals surface area contributed by atoms with Gasteiger partial charge in [-0.15, -0.1) is 0 Å². The number of aliphatic hydroxyl groups is 1. The summed E-state index contributed by atoms with van der Waals surface area (Å²) in [4.78, 5) is 23.0. The summed E-state index contributed by atoms with van der Waals surface area (Å²) in [5, 5.41) is 14.0. The molecule has 0 unspecified atom stereocenters. The summed E-state index contributed by atoms with van der Waals surface area (Å²) in [6.45, 7) is 9.95. The molecule has 2 amide bonds. The third kappa shape index (κ3) is 11.3. The molecular formula is C24H29BrCl2F2N2O5. The van der Waals surface area contributed by atoms with Gasteiger partial charge in [0.25, 0.3) is 0 Å². The van der Waals surface area contributed by atoms with Gasteiger partial charge in [-0.3, -0.25) is 10.6 Å². The molecular weight excluding hydrogens is 585 g/mol. The first-order chi connectivity index (χ1) is 16.5. The molecule has 12 heteroatoms. The van der Waals surface area contributed by atoms with Crippen LogP contribution in [-0.2, 0) is 21.4 Å². The van der Waals surface area contributed by atoms with Gasteiger partial charge in [-0.25, -0.2) is 18.4 Å². The van der Waals surface area contributed by atoms with Crippen LogP contribution in [0.15, 0.2) is 24.3 Å². The average molecular weight is 614 g/mol. The van der Waals surface area contributed by atoms with Crippen LogP contribution in [0.4, 0.5) is 29.7 Å². The first-order valence-electron chi connectivity index (χ1n) is 10.6. The lowest BCUT2D eigenvalue weighted by molar-refractivity contribution is 0.0624. The smallest absolute Gasteiger partial charge is 0.412 e. The van der Waals surface area contributed by atoms with Crippen LogP contribution in [0.25, 0.3) is 0 Å². The quantitative estimate of drug-likeness (QED) is 0.303. The van der Waals surface area contributed by atoms with Gasteiger partial charge in [0.2, 0.25) is 0 Å². The second-order valence-corrected chi connectivity index (χ2v) is 10.8. The minimum Gasteiger partial charge on any atom is -0.444 e. The van der Waals surface area contributed by atoms with Crippen molar-refractivity contribution in [2.45, 2.75) is 64.7 Å². The van der Waals surface area contributed by atoms with Gasteiger partial charge in [0.15, 0.2) is 0 Å². The molecule has 0 aliphatic rings. The maximum atomic E-state index is 13.5. The van der Waals surface area contributed by atoms with E-state index in [1.54, 1.807) is 41.5 Å². The molecule has 3 N–H and O–H groups in total. The maximum Gasteiger partial charge on any atom is 0.412 e. The van der Waals surface area contributed by atoms with E-state index >= 15 is 0 Å². The van der Waals surface area contributed by atoms with Crippen LogP contribution in [0.2, 0.25) is 10.0 Å². The van der Waals surface area contributed by atoms with Crippen molar-refractivity contribution in [3.05, 3.63) is 57.1 Å².